The molecule has 4 fully saturated rings. The molecule has 7 atom stereocenters. The summed E-state index contributed by atoms with van der Waals surface area (Å²) >= 11 is 0. The second kappa shape index (κ2) is 13.4. The average Bonchev–Trinajstić information content (AvgIpc) is 3.76. The van der Waals surface area contributed by atoms with Crippen LogP contribution in [0.15, 0.2) is 57.6 Å². The fourth-order valence-corrected chi connectivity index (χ4v) is 16.0. The number of hydrogen-bond donors (Lipinski definition) is 1. The fourth-order valence-electron chi connectivity index (χ4n) is 14.5. The third-order valence-electron chi connectivity index (χ3n) is 17.8. The topological polar surface area (TPSA) is 110 Å². The van der Waals surface area contributed by atoms with E-state index in [1.54, 1.807) is 25.6 Å². The van der Waals surface area contributed by atoms with Gasteiger partial charge in [-0.05, 0) is 135 Å². The number of carbonyl (C=O) groups excluding carboxylic acids is 1. The number of piperidine rings is 1. The molecule has 3 heterocycles. The fraction of sp³-hybridized carbons (Fsp3) is 0.688. The van der Waals surface area contributed by atoms with Crippen LogP contribution in [0.3, 0.4) is 0 Å². The molecule has 3 saturated carbocycles. The predicted octanol–water partition coefficient (Wildman–Crippen LogP) is 9.32. The van der Waals surface area contributed by atoms with Crippen LogP contribution < -0.4 is 5.32 Å². The van der Waals surface area contributed by atoms with E-state index in [1.165, 1.54) is 9.65 Å². The Bertz CT molecular complexity index is 2230. The highest BCUT2D eigenvalue weighted by Gasteiger charge is 2.69. The summed E-state index contributed by atoms with van der Waals surface area (Å²) in [6.45, 7) is 23.5. The van der Waals surface area contributed by atoms with Crippen LogP contribution in [0.1, 0.15) is 141 Å². The second-order valence-corrected chi connectivity index (χ2v) is 23.5. The Balaban J connectivity index is 1.00. The largest absolute Gasteiger partial charge is 0.360 e. The molecule has 5 aliphatic carbocycles. The van der Waals surface area contributed by atoms with E-state index in [-0.39, 0.29) is 55.1 Å². The summed E-state index contributed by atoms with van der Waals surface area (Å²) < 4.78 is 34.5. The van der Waals surface area contributed by atoms with Gasteiger partial charge in [-0.25, -0.2) is 0 Å². The summed E-state index contributed by atoms with van der Waals surface area (Å²) in [6, 6.07) is 11.0. The van der Waals surface area contributed by atoms with Crippen LogP contribution in [0.25, 0.3) is 0 Å². The first-order chi connectivity index (χ1) is 27.3. The van der Waals surface area contributed by atoms with Gasteiger partial charge >= 0.3 is 0 Å². The van der Waals surface area contributed by atoms with Crippen molar-refractivity contribution >= 4 is 15.9 Å². The number of benzene rings is 1. The number of rotatable bonds is 6. The Morgan fingerprint density at radius 1 is 0.914 bits per heavy atom. The summed E-state index contributed by atoms with van der Waals surface area (Å²) in [5, 5.41) is 12.5. The summed E-state index contributed by atoms with van der Waals surface area (Å²) in [5.74, 6) is 1.64. The van der Waals surface area contributed by atoms with Gasteiger partial charge in [-0.3, -0.25) is 9.69 Å². The highest BCUT2D eigenvalue weighted by molar-refractivity contribution is 7.90. The minimum atomic E-state index is -3.97. The number of aromatic nitrogens is 3. The van der Waals surface area contributed by atoms with Crippen molar-refractivity contribution in [3.8, 4) is 0 Å². The monoisotopic (exact) mass is 809 g/mol. The molecule has 0 bridgehead atoms. The first-order valence-electron chi connectivity index (χ1n) is 22.3. The molecule has 6 aliphatic rings. The second-order valence-electron chi connectivity index (χ2n) is 21.8. The van der Waals surface area contributed by atoms with Crippen molar-refractivity contribution in [3.63, 3.8) is 0 Å². The van der Waals surface area contributed by atoms with Gasteiger partial charge in [-0.2, -0.15) is 17.6 Å². The van der Waals surface area contributed by atoms with Crippen LogP contribution in [0.5, 0.6) is 0 Å². The van der Waals surface area contributed by atoms with Crippen molar-refractivity contribution in [1.29, 1.82) is 0 Å². The van der Waals surface area contributed by atoms with E-state index in [2.05, 4.69) is 100 Å². The van der Waals surface area contributed by atoms with Gasteiger partial charge in [0.25, 0.3) is 10.0 Å². The molecule has 3 aromatic rings. The maximum atomic E-state index is 14.9. The number of allylic oxidation sites excluding steroid dienone is 2. The summed E-state index contributed by atoms with van der Waals surface area (Å²) in [5.41, 5.74) is 4.75. The minimum Gasteiger partial charge on any atom is -0.360 e. The Labute approximate surface area is 347 Å². The molecule has 1 amide bonds. The van der Waals surface area contributed by atoms with Gasteiger partial charge in [0.05, 0.1) is 11.1 Å². The first-order valence-corrected chi connectivity index (χ1v) is 23.7. The molecule has 0 radical (unpaired) electrons. The molecule has 1 saturated heterocycles. The maximum absolute atomic E-state index is 14.9. The van der Waals surface area contributed by atoms with Crippen molar-refractivity contribution in [2.24, 2.45) is 44.8 Å². The zero-order chi connectivity index (χ0) is 41.3. The standard InChI is InChI=1S/C48H67N5O4S/c1-31-40(32(2)57-51-31)58(55,56)53-30-34-27-45(7)38(44(5,6)41(34)50-53)17-20-47(9)39(45)16-15-36-37-28-43(3,4)21-23-48(37,24-22-46(36,47)8)42(54)49-35-18-25-52(26-19-35)29-33-13-11-10-12-14-33/h10-15,30,35,37-39H,16-29H2,1-9H3,(H,49,54)/t37-,38-,39+,45-,46+,47+,48-/m0/s1. The lowest BCUT2D eigenvalue weighted by molar-refractivity contribution is -0.168. The predicted molar refractivity (Wildman–Crippen MR) is 226 cm³/mol. The van der Waals surface area contributed by atoms with Crippen LogP contribution in [-0.2, 0) is 33.2 Å². The zero-order valence-electron chi connectivity index (χ0n) is 36.6. The molecule has 10 heteroatoms. The number of nitrogens with zero attached hydrogens (tertiary/aromatic N) is 4. The molecule has 9 nitrogen and oxygen atoms in total. The summed E-state index contributed by atoms with van der Waals surface area (Å²) in [7, 11) is -3.97. The maximum Gasteiger partial charge on any atom is 0.288 e. The molecule has 58 heavy (non-hydrogen) atoms. The van der Waals surface area contributed by atoms with Gasteiger partial charge < -0.3 is 9.84 Å². The number of nitrogens with one attached hydrogen (secondary N) is 1. The molecule has 1 aliphatic heterocycles. The normalized spacial score (nSPS) is 35.7. The van der Waals surface area contributed by atoms with Crippen molar-refractivity contribution in [2.75, 3.05) is 13.1 Å². The first kappa shape index (κ1) is 40.2. The molecule has 0 unspecified atom stereocenters. The molecule has 1 aromatic carbocycles. The van der Waals surface area contributed by atoms with Gasteiger partial charge in [0.15, 0.2) is 10.7 Å². The molecule has 1 N–H and O–H groups in total. The number of hydrogen-bond acceptors (Lipinski definition) is 7. The molecule has 0 spiro atoms. The van der Waals surface area contributed by atoms with E-state index in [0.29, 0.717) is 23.4 Å². The van der Waals surface area contributed by atoms with Crippen molar-refractivity contribution in [2.45, 2.75) is 156 Å². The molecule has 9 rings (SSSR count). The van der Waals surface area contributed by atoms with Crippen LogP contribution in [-0.4, -0.2) is 52.7 Å². The van der Waals surface area contributed by atoms with E-state index in [1.807, 2.05) is 0 Å². The molecular formula is C48H67N5O4S. The van der Waals surface area contributed by atoms with E-state index >= 15 is 0 Å². The molecule has 314 valence electrons. The number of amides is 1. The van der Waals surface area contributed by atoms with E-state index < -0.39 is 10.0 Å². The molecule has 2 aromatic heterocycles. The summed E-state index contributed by atoms with van der Waals surface area (Å²) in [4.78, 5) is 17.6. The highest BCUT2D eigenvalue weighted by atomic mass is 32.2. The third-order valence-corrected chi connectivity index (χ3v) is 19.6. The van der Waals surface area contributed by atoms with Crippen LogP contribution in [0.2, 0.25) is 0 Å². The highest BCUT2D eigenvalue weighted by Crippen LogP contribution is 2.75. The number of likely N-dealkylation sites (tertiary alicyclic amines) is 1. The number of aryl methyl sites for hydroxylation is 2. The Hall–Kier alpha value is -3.24. The Morgan fingerprint density at radius 3 is 2.31 bits per heavy atom. The van der Waals surface area contributed by atoms with Gasteiger partial charge in [0.1, 0.15) is 5.69 Å². The summed E-state index contributed by atoms with van der Waals surface area (Å²) in [6.07, 6.45) is 15.6. The quantitative estimate of drug-likeness (QED) is 0.247. The van der Waals surface area contributed by atoms with Gasteiger partial charge in [-0.15, -0.1) is 0 Å². The van der Waals surface area contributed by atoms with Crippen molar-refractivity contribution < 1.29 is 17.7 Å². The van der Waals surface area contributed by atoms with E-state index in [0.717, 1.165) is 102 Å². The number of carbonyl (C=O) groups is 1. The van der Waals surface area contributed by atoms with Crippen LogP contribution in [0.4, 0.5) is 0 Å². The zero-order valence-corrected chi connectivity index (χ0v) is 37.4. The minimum absolute atomic E-state index is 0.0180. The van der Waals surface area contributed by atoms with Crippen LogP contribution in [0, 0.1) is 58.7 Å². The number of fused-ring (bicyclic) bond motifs is 8. The third kappa shape index (κ3) is 5.83. The smallest absolute Gasteiger partial charge is 0.288 e. The lowest BCUT2D eigenvalue weighted by atomic mass is 9.33. The van der Waals surface area contributed by atoms with Gasteiger partial charge in [0, 0.05) is 37.3 Å². The van der Waals surface area contributed by atoms with Gasteiger partial charge in [-0.1, -0.05) is 95.6 Å². The van der Waals surface area contributed by atoms with Gasteiger partial charge in [0.2, 0.25) is 5.91 Å². The van der Waals surface area contributed by atoms with E-state index in [9.17, 15) is 13.2 Å². The molecular weight excluding hydrogens is 743 g/mol. The lowest BCUT2D eigenvalue weighted by Crippen LogP contribution is -2.65. The lowest BCUT2D eigenvalue weighted by Gasteiger charge is -2.70. The SMILES string of the molecule is Cc1noc(C)c1S(=O)(=O)n1cc2c(n1)C(C)(C)[C@@H]1CC[C@]3(C)[C@H](CC=C4[C@@H]5CC(C)(C)CC[C@]5(C(=O)NC5CCN(Cc6ccccc6)CC5)CC[C@]43C)[C@@]1(C)C2. The van der Waals surface area contributed by atoms with Crippen molar-refractivity contribution in [3.05, 3.63) is 76.5 Å². The average molecular weight is 810 g/mol. The van der Waals surface area contributed by atoms with Crippen molar-refractivity contribution in [1.82, 2.24) is 24.6 Å². The van der Waals surface area contributed by atoms with Crippen LogP contribution >= 0.6 is 0 Å². The van der Waals surface area contributed by atoms with E-state index in [4.69, 9.17) is 9.62 Å². The Kier molecular flexibility index (Phi) is 9.27. The Morgan fingerprint density at radius 2 is 1.62 bits per heavy atom.